The van der Waals surface area contributed by atoms with Crippen LogP contribution in [0.5, 0.6) is 0 Å². The van der Waals surface area contributed by atoms with E-state index in [1.165, 1.54) is 25.7 Å². The maximum atomic E-state index is 10.6. The van der Waals surface area contributed by atoms with Gasteiger partial charge in [-0.3, -0.25) is 4.79 Å². The van der Waals surface area contributed by atoms with Crippen LogP contribution >= 0.6 is 0 Å². The number of carboxylic acids is 1. The van der Waals surface area contributed by atoms with Crippen LogP contribution in [-0.2, 0) is 4.79 Å². The highest BCUT2D eigenvalue weighted by molar-refractivity contribution is 5.66. The monoisotopic (exact) mass is 241 g/mol. The third-order valence-electron chi connectivity index (χ3n) is 4.22. The van der Waals surface area contributed by atoms with E-state index in [1.807, 2.05) is 0 Å². The van der Waals surface area contributed by atoms with Crippen molar-refractivity contribution >= 4 is 5.97 Å². The zero-order valence-electron chi connectivity index (χ0n) is 11.5. The molecule has 0 unspecified atom stereocenters. The van der Waals surface area contributed by atoms with E-state index in [1.54, 1.807) is 0 Å². The Balaban J connectivity index is 2.36. The standard InChI is InChI=1S/C14H27NO2/c1-4-15(10-9-14(16)17)13-7-5-12(6-8-13)11(2)3/h11-13H,4-10H2,1-3H3,(H,16,17). The summed E-state index contributed by atoms with van der Waals surface area (Å²) in [4.78, 5) is 13.0. The Morgan fingerprint density at radius 2 is 1.88 bits per heavy atom. The van der Waals surface area contributed by atoms with Crippen LogP contribution < -0.4 is 0 Å². The molecular weight excluding hydrogens is 214 g/mol. The molecule has 3 nitrogen and oxygen atoms in total. The fraction of sp³-hybridized carbons (Fsp3) is 0.929. The fourth-order valence-corrected chi connectivity index (χ4v) is 2.97. The summed E-state index contributed by atoms with van der Waals surface area (Å²) in [5, 5.41) is 8.74. The van der Waals surface area contributed by atoms with Crippen molar-refractivity contribution in [2.75, 3.05) is 13.1 Å². The molecule has 0 saturated heterocycles. The lowest BCUT2D eigenvalue weighted by Gasteiger charge is -2.37. The molecule has 0 atom stereocenters. The van der Waals surface area contributed by atoms with Crippen molar-refractivity contribution in [1.82, 2.24) is 4.90 Å². The average molecular weight is 241 g/mol. The van der Waals surface area contributed by atoms with E-state index in [2.05, 4.69) is 25.7 Å². The predicted octanol–water partition coefficient (Wildman–Crippen LogP) is 3.00. The Kier molecular flexibility index (Phi) is 5.96. The molecule has 1 rings (SSSR count). The quantitative estimate of drug-likeness (QED) is 0.777. The van der Waals surface area contributed by atoms with Crippen molar-refractivity contribution in [2.24, 2.45) is 11.8 Å². The van der Waals surface area contributed by atoms with Crippen molar-refractivity contribution in [3.8, 4) is 0 Å². The second kappa shape index (κ2) is 7.00. The first kappa shape index (κ1) is 14.5. The van der Waals surface area contributed by atoms with E-state index in [0.29, 0.717) is 12.6 Å². The van der Waals surface area contributed by atoms with Crippen LogP contribution in [0.3, 0.4) is 0 Å². The maximum absolute atomic E-state index is 10.6. The second-order valence-corrected chi connectivity index (χ2v) is 5.58. The molecule has 0 aromatic carbocycles. The van der Waals surface area contributed by atoms with Gasteiger partial charge in [-0.2, -0.15) is 0 Å². The molecule has 0 aliphatic heterocycles. The van der Waals surface area contributed by atoms with Crippen LogP contribution in [0, 0.1) is 11.8 Å². The van der Waals surface area contributed by atoms with Crippen molar-refractivity contribution < 1.29 is 9.90 Å². The molecular formula is C14H27NO2. The molecule has 17 heavy (non-hydrogen) atoms. The molecule has 1 aliphatic carbocycles. The normalized spacial score (nSPS) is 25.5. The molecule has 1 N–H and O–H groups in total. The lowest BCUT2D eigenvalue weighted by Crippen LogP contribution is -2.39. The average Bonchev–Trinajstić information content (AvgIpc) is 2.30. The van der Waals surface area contributed by atoms with Gasteiger partial charge in [-0.15, -0.1) is 0 Å². The summed E-state index contributed by atoms with van der Waals surface area (Å²) >= 11 is 0. The largest absolute Gasteiger partial charge is 0.481 e. The maximum Gasteiger partial charge on any atom is 0.304 e. The highest BCUT2D eigenvalue weighted by Gasteiger charge is 2.26. The predicted molar refractivity (Wildman–Crippen MR) is 70.1 cm³/mol. The summed E-state index contributed by atoms with van der Waals surface area (Å²) in [6.45, 7) is 8.45. The lowest BCUT2D eigenvalue weighted by atomic mass is 9.79. The molecule has 0 aromatic rings. The van der Waals surface area contributed by atoms with Crippen LogP contribution in [-0.4, -0.2) is 35.1 Å². The van der Waals surface area contributed by atoms with Gasteiger partial charge >= 0.3 is 5.97 Å². The Morgan fingerprint density at radius 3 is 2.29 bits per heavy atom. The molecule has 1 fully saturated rings. The Hall–Kier alpha value is -0.570. The number of nitrogens with zero attached hydrogens (tertiary/aromatic N) is 1. The molecule has 3 heteroatoms. The molecule has 0 bridgehead atoms. The van der Waals surface area contributed by atoms with E-state index in [4.69, 9.17) is 5.11 Å². The minimum absolute atomic E-state index is 0.276. The van der Waals surface area contributed by atoms with Crippen molar-refractivity contribution in [3.05, 3.63) is 0 Å². The molecule has 0 heterocycles. The summed E-state index contributed by atoms with van der Waals surface area (Å²) in [5.41, 5.74) is 0. The summed E-state index contributed by atoms with van der Waals surface area (Å²) in [7, 11) is 0. The van der Waals surface area contributed by atoms with E-state index in [9.17, 15) is 4.79 Å². The minimum Gasteiger partial charge on any atom is -0.481 e. The highest BCUT2D eigenvalue weighted by Crippen LogP contribution is 2.32. The third kappa shape index (κ3) is 4.66. The molecule has 1 aliphatic rings. The summed E-state index contributed by atoms with van der Waals surface area (Å²) in [6.07, 6.45) is 5.39. The number of rotatable bonds is 6. The SMILES string of the molecule is CCN(CCC(=O)O)C1CCC(C(C)C)CC1. The van der Waals surface area contributed by atoms with E-state index in [0.717, 1.165) is 18.4 Å². The van der Waals surface area contributed by atoms with E-state index < -0.39 is 5.97 Å². The van der Waals surface area contributed by atoms with Crippen molar-refractivity contribution in [1.29, 1.82) is 0 Å². The van der Waals surface area contributed by atoms with Gasteiger partial charge in [-0.05, 0) is 44.1 Å². The number of hydrogen-bond donors (Lipinski definition) is 1. The van der Waals surface area contributed by atoms with Crippen LogP contribution in [0.2, 0.25) is 0 Å². The first-order chi connectivity index (χ1) is 8.04. The highest BCUT2D eigenvalue weighted by atomic mass is 16.4. The Morgan fingerprint density at radius 1 is 1.29 bits per heavy atom. The van der Waals surface area contributed by atoms with Gasteiger partial charge in [-0.1, -0.05) is 20.8 Å². The van der Waals surface area contributed by atoms with Gasteiger partial charge < -0.3 is 10.0 Å². The Bertz CT molecular complexity index is 232. The second-order valence-electron chi connectivity index (χ2n) is 5.58. The topological polar surface area (TPSA) is 40.5 Å². The Labute approximate surface area is 105 Å². The summed E-state index contributed by atoms with van der Waals surface area (Å²) in [5.74, 6) is 0.994. The fourth-order valence-electron chi connectivity index (χ4n) is 2.97. The van der Waals surface area contributed by atoms with Gasteiger partial charge in [0, 0.05) is 12.6 Å². The zero-order valence-corrected chi connectivity index (χ0v) is 11.5. The molecule has 0 spiro atoms. The van der Waals surface area contributed by atoms with E-state index >= 15 is 0 Å². The van der Waals surface area contributed by atoms with Crippen molar-refractivity contribution in [2.45, 2.75) is 58.9 Å². The number of hydrogen-bond acceptors (Lipinski definition) is 2. The van der Waals surface area contributed by atoms with Gasteiger partial charge in [0.05, 0.1) is 6.42 Å². The molecule has 0 aromatic heterocycles. The smallest absolute Gasteiger partial charge is 0.304 e. The van der Waals surface area contributed by atoms with Gasteiger partial charge in [0.1, 0.15) is 0 Å². The number of carboxylic acid groups (broad SMARTS) is 1. The van der Waals surface area contributed by atoms with Crippen LogP contribution in [0.25, 0.3) is 0 Å². The molecule has 1 saturated carbocycles. The van der Waals surface area contributed by atoms with E-state index in [-0.39, 0.29) is 6.42 Å². The van der Waals surface area contributed by atoms with Crippen molar-refractivity contribution in [3.63, 3.8) is 0 Å². The zero-order chi connectivity index (χ0) is 12.8. The number of aliphatic carboxylic acids is 1. The molecule has 0 amide bonds. The van der Waals surface area contributed by atoms with Crippen LogP contribution in [0.15, 0.2) is 0 Å². The lowest BCUT2D eigenvalue weighted by molar-refractivity contribution is -0.137. The molecule has 100 valence electrons. The summed E-state index contributed by atoms with van der Waals surface area (Å²) < 4.78 is 0. The van der Waals surface area contributed by atoms with Gasteiger partial charge in [0.15, 0.2) is 0 Å². The minimum atomic E-state index is -0.681. The first-order valence-corrected chi connectivity index (χ1v) is 7.00. The van der Waals surface area contributed by atoms with Crippen LogP contribution in [0.4, 0.5) is 0 Å². The van der Waals surface area contributed by atoms with Gasteiger partial charge in [0.2, 0.25) is 0 Å². The van der Waals surface area contributed by atoms with Gasteiger partial charge in [-0.25, -0.2) is 0 Å². The van der Waals surface area contributed by atoms with Gasteiger partial charge in [0.25, 0.3) is 0 Å². The first-order valence-electron chi connectivity index (χ1n) is 7.00. The summed E-state index contributed by atoms with van der Waals surface area (Å²) in [6, 6.07) is 0.620. The molecule has 0 radical (unpaired) electrons. The third-order valence-corrected chi connectivity index (χ3v) is 4.22. The number of carbonyl (C=O) groups is 1. The van der Waals surface area contributed by atoms with Crippen LogP contribution in [0.1, 0.15) is 52.9 Å².